The van der Waals surface area contributed by atoms with E-state index < -0.39 is 0 Å². The molecule has 1 fully saturated rings. The maximum absolute atomic E-state index is 4.23. The van der Waals surface area contributed by atoms with Crippen molar-refractivity contribution >= 4 is 0 Å². The first-order valence-electron chi connectivity index (χ1n) is 9.21. The monoisotopic (exact) mass is 347 g/mol. The number of hydrogen-bond donors (Lipinski definition) is 1. The van der Waals surface area contributed by atoms with Gasteiger partial charge in [-0.2, -0.15) is 5.10 Å². The molecule has 0 bridgehead atoms. The van der Waals surface area contributed by atoms with Crippen molar-refractivity contribution in [3.63, 3.8) is 0 Å². The van der Waals surface area contributed by atoms with Gasteiger partial charge in [0.05, 0.1) is 11.7 Å². The second-order valence-electron chi connectivity index (χ2n) is 6.94. The molecular weight excluding hydrogens is 322 g/mol. The smallest absolute Gasteiger partial charge is 0.0774 e. The van der Waals surface area contributed by atoms with Crippen molar-refractivity contribution in [2.45, 2.75) is 19.5 Å². The molecule has 3 heterocycles. The van der Waals surface area contributed by atoms with E-state index in [4.69, 9.17) is 0 Å². The molecule has 5 nitrogen and oxygen atoms in total. The summed E-state index contributed by atoms with van der Waals surface area (Å²) in [5.74, 6) is 0. The van der Waals surface area contributed by atoms with Crippen molar-refractivity contribution in [2.75, 3.05) is 26.2 Å². The van der Waals surface area contributed by atoms with Gasteiger partial charge in [0.25, 0.3) is 0 Å². The Bertz CT molecular complexity index is 807. The maximum Gasteiger partial charge on any atom is 0.0774 e. The number of hydrogen-bond acceptors (Lipinski definition) is 4. The van der Waals surface area contributed by atoms with Crippen LogP contribution in [0.2, 0.25) is 0 Å². The Balaban J connectivity index is 1.49. The van der Waals surface area contributed by atoms with Crippen LogP contribution in [0.1, 0.15) is 28.4 Å². The Hall–Kier alpha value is -2.50. The van der Waals surface area contributed by atoms with Gasteiger partial charge in [-0.3, -0.25) is 19.9 Å². The fourth-order valence-electron chi connectivity index (χ4n) is 3.80. The van der Waals surface area contributed by atoms with Gasteiger partial charge >= 0.3 is 0 Å². The lowest BCUT2D eigenvalue weighted by atomic mass is 9.96. The molecule has 1 aliphatic rings. The molecule has 1 saturated heterocycles. The lowest BCUT2D eigenvalue weighted by Gasteiger charge is -2.39. The first kappa shape index (κ1) is 16.9. The minimum Gasteiger partial charge on any atom is -0.296 e. The lowest BCUT2D eigenvalue weighted by molar-refractivity contribution is 0.103. The predicted octanol–water partition coefficient (Wildman–Crippen LogP) is 3.02. The molecule has 0 saturated carbocycles. The quantitative estimate of drug-likeness (QED) is 0.771. The first-order chi connectivity index (χ1) is 12.8. The zero-order valence-electron chi connectivity index (χ0n) is 15.2. The number of aryl methyl sites for hydroxylation is 1. The van der Waals surface area contributed by atoms with Crippen molar-refractivity contribution < 1.29 is 0 Å². The molecule has 1 aliphatic heterocycles. The minimum atomic E-state index is 0.235. The van der Waals surface area contributed by atoms with E-state index in [9.17, 15) is 0 Å². The Morgan fingerprint density at radius 1 is 1.00 bits per heavy atom. The Labute approximate surface area is 154 Å². The van der Waals surface area contributed by atoms with E-state index >= 15 is 0 Å². The predicted molar refractivity (Wildman–Crippen MR) is 103 cm³/mol. The molecule has 0 spiro atoms. The molecule has 1 unspecified atom stereocenters. The molecule has 1 atom stereocenters. The van der Waals surface area contributed by atoms with Gasteiger partial charge in [-0.25, -0.2) is 0 Å². The molecule has 3 aromatic rings. The van der Waals surface area contributed by atoms with Crippen LogP contribution in [0.15, 0.2) is 61.1 Å². The number of H-pyrrole nitrogens is 1. The fraction of sp³-hybridized carbons (Fsp3) is 0.333. The second kappa shape index (κ2) is 7.81. The number of nitrogens with zero attached hydrogens (tertiary/aromatic N) is 4. The van der Waals surface area contributed by atoms with Crippen LogP contribution in [0, 0.1) is 6.92 Å². The average Bonchev–Trinajstić information content (AvgIpc) is 3.20. The SMILES string of the molecule is Cc1ccccc1C(c1ccn[nH]1)N1CCN(Cc2cccnc2)CC1. The Kier molecular flexibility index (Phi) is 5.09. The van der Waals surface area contributed by atoms with Gasteiger partial charge in [0.2, 0.25) is 0 Å². The van der Waals surface area contributed by atoms with Crippen molar-refractivity contribution in [2.24, 2.45) is 0 Å². The highest BCUT2D eigenvalue weighted by atomic mass is 15.3. The summed E-state index contributed by atoms with van der Waals surface area (Å²) in [7, 11) is 0. The van der Waals surface area contributed by atoms with Crippen molar-refractivity contribution in [3.05, 3.63) is 83.4 Å². The van der Waals surface area contributed by atoms with Gasteiger partial charge < -0.3 is 0 Å². The van der Waals surface area contributed by atoms with Gasteiger partial charge in [0.15, 0.2) is 0 Å². The summed E-state index contributed by atoms with van der Waals surface area (Å²) in [4.78, 5) is 9.30. The normalized spacial score (nSPS) is 17.3. The Morgan fingerprint density at radius 3 is 2.54 bits per heavy atom. The van der Waals surface area contributed by atoms with Crippen LogP contribution < -0.4 is 0 Å². The number of aromatic amines is 1. The molecular formula is C21H25N5. The molecule has 5 heteroatoms. The van der Waals surface area contributed by atoms with Crippen molar-refractivity contribution in [1.29, 1.82) is 0 Å². The summed E-state index contributed by atoms with van der Waals surface area (Å²) in [6.45, 7) is 7.37. The topological polar surface area (TPSA) is 48.1 Å². The first-order valence-corrected chi connectivity index (χ1v) is 9.21. The molecule has 2 aromatic heterocycles. The number of pyridine rings is 1. The van der Waals surface area contributed by atoms with Gasteiger partial charge in [-0.15, -0.1) is 0 Å². The lowest BCUT2D eigenvalue weighted by Crippen LogP contribution is -2.47. The summed E-state index contributed by atoms with van der Waals surface area (Å²) >= 11 is 0. The minimum absolute atomic E-state index is 0.235. The van der Waals surface area contributed by atoms with E-state index in [2.05, 4.69) is 68.3 Å². The van der Waals surface area contributed by atoms with E-state index in [1.807, 2.05) is 24.7 Å². The third-order valence-corrected chi connectivity index (χ3v) is 5.20. The van der Waals surface area contributed by atoms with Crippen LogP contribution in [0.25, 0.3) is 0 Å². The van der Waals surface area contributed by atoms with Crippen LogP contribution >= 0.6 is 0 Å². The standard InChI is InChI=1S/C21H25N5/c1-17-5-2-3-7-19(17)21(20-8-10-23-24-20)26-13-11-25(12-14-26)16-18-6-4-9-22-15-18/h2-10,15,21H,11-14,16H2,1H3,(H,23,24). The van der Waals surface area contributed by atoms with Crippen molar-refractivity contribution in [1.82, 2.24) is 25.0 Å². The van der Waals surface area contributed by atoms with Crippen LogP contribution in [0.3, 0.4) is 0 Å². The summed E-state index contributed by atoms with van der Waals surface area (Å²) < 4.78 is 0. The van der Waals surface area contributed by atoms with E-state index in [1.165, 1.54) is 22.4 Å². The molecule has 134 valence electrons. The molecule has 0 amide bonds. The van der Waals surface area contributed by atoms with Crippen molar-refractivity contribution in [3.8, 4) is 0 Å². The molecule has 1 N–H and O–H groups in total. The molecule has 1 aromatic carbocycles. The van der Waals surface area contributed by atoms with Gasteiger partial charge in [0.1, 0.15) is 0 Å². The number of nitrogens with one attached hydrogen (secondary N) is 1. The summed E-state index contributed by atoms with van der Waals surface area (Å²) in [5, 5.41) is 7.39. The van der Waals surface area contributed by atoms with Crippen LogP contribution in [0.5, 0.6) is 0 Å². The largest absolute Gasteiger partial charge is 0.296 e. The number of piperazine rings is 1. The van der Waals surface area contributed by atoms with Gasteiger partial charge in [0, 0.05) is 51.3 Å². The summed E-state index contributed by atoms with van der Waals surface area (Å²) in [6, 6.07) is 15.2. The Morgan fingerprint density at radius 2 is 1.85 bits per heavy atom. The van der Waals surface area contributed by atoms with Crippen LogP contribution in [-0.2, 0) is 6.54 Å². The average molecular weight is 347 g/mol. The van der Waals surface area contributed by atoms with E-state index in [0.29, 0.717) is 0 Å². The molecule has 0 radical (unpaired) electrons. The summed E-state index contributed by atoms with van der Waals surface area (Å²) in [5.41, 5.74) is 5.13. The van der Waals surface area contributed by atoms with E-state index in [1.54, 1.807) is 0 Å². The van der Waals surface area contributed by atoms with E-state index in [0.717, 1.165) is 32.7 Å². The zero-order chi connectivity index (χ0) is 17.8. The van der Waals surface area contributed by atoms with Gasteiger partial charge in [-0.05, 0) is 35.7 Å². The molecule has 0 aliphatic carbocycles. The highest BCUT2D eigenvalue weighted by Gasteiger charge is 2.28. The van der Waals surface area contributed by atoms with Crippen LogP contribution in [0.4, 0.5) is 0 Å². The fourth-order valence-corrected chi connectivity index (χ4v) is 3.80. The molecule has 26 heavy (non-hydrogen) atoms. The number of benzene rings is 1. The third kappa shape index (κ3) is 3.69. The second-order valence-corrected chi connectivity index (χ2v) is 6.94. The molecule has 4 rings (SSSR count). The highest BCUT2D eigenvalue weighted by molar-refractivity contribution is 5.34. The summed E-state index contributed by atoms with van der Waals surface area (Å²) in [6.07, 6.45) is 5.64. The van der Waals surface area contributed by atoms with E-state index in [-0.39, 0.29) is 6.04 Å². The highest BCUT2D eigenvalue weighted by Crippen LogP contribution is 2.30. The zero-order valence-corrected chi connectivity index (χ0v) is 15.2. The van der Waals surface area contributed by atoms with Crippen LogP contribution in [-0.4, -0.2) is 51.2 Å². The third-order valence-electron chi connectivity index (χ3n) is 5.20. The number of rotatable bonds is 5. The maximum atomic E-state index is 4.23. The van der Waals surface area contributed by atoms with Gasteiger partial charge in [-0.1, -0.05) is 30.3 Å². The number of aromatic nitrogens is 3.